The van der Waals surface area contributed by atoms with Crippen LogP contribution in [0.2, 0.25) is 0 Å². The first kappa shape index (κ1) is 15.4. The number of hydrogen-bond acceptors (Lipinski definition) is 7. The number of rotatable bonds is 6. The minimum atomic E-state index is -0.909. The zero-order valence-electron chi connectivity index (χ0n) is 10.6. The number of thioether (sulfide) groups is 1. The average molecular weight is 289 g/mol. The number of nitrogens with one attached hydrogen (secondary N) is 1. The maximum absolute atomic E-state index is 11.1. The van der Waals surface area contributed by atoms with Gasteiger partial charge in [0, 0.05) is 12.8 Å². The summed E-state index contributed by atoms with van der Waals surface area (Å²) in [5.41, 5.74) is -1.69. The van der Waals surface area contributed by atoms with E-state index in [2.05, 4.69) is 10.1 Å². The average Bonchev–Trinajstić information content (AvgIpc) is 2.32. The lowest BCUT2D eigenvalue weighted by Gasteiger charge is -2.10. The maximum atomic E-state index is 11.1. The summed E-state index contributed by atoms with van der Waals surface area (Å²) in [4.78, 5) is 36.7. The zero-order valence-corrected chi connectivity index (χ0v) is 11.4. The highest BCUT2D eigenvalue weighted by Gasteiger charge is 2.13. The molecular weight excluding hydrogens is 274 g/mol. The third-order valence-electron chi connectivity index (χ3n) is 2.06. The van der Waals surface area contributed by atoms with E-state index in [0.29, 0.717) is 0 Å². The van der Waals surface area contributed by atoms with Crippen LogP contribution in [0.1, 0.15) is 13.3 Å². The van der Waals surface area contributed by atoms with E-state index in [-0.39, 0.29) is 23.9 Å². The van der Waals surface area contributed by atoms with Gasteiger partial charge in [-0.3, -0.25) is 24.2 Å². The van der Waals surface area contributed by atoms with E-state index in [1.54, 1.807) is 6.92 Å². The molecule has 1 unspecified atom stereocenters. The van der Waals surface area contributed by atoms with Crippen molar-refractivity contribution in [3.05, 3.63) is 20.7 Å². The van der Waals surface area contributed by atoms with Crippen LogP contribution in [0.5, 0.6) is 0 Å². The van der Waals surface area contributed by atoms with Gasteiger partial charge in [0.25, 0.3) is 0 Å². The molecule has 1 aromatic heterocycles. The van der Waals surface area contributed by atoms with E-state index in [9.17, 15) is 19.5 Å². The Morgan fingerprint density at radius 3 is 2.89 bits per heavy atom. The van der Waals surface area contributed by atoms with Crippen molar-refractivity contribution in [1.82, 2.24) is 14.8 Å². The molecule has 1 heterocycles. The molecule has 0 saturated carbocycles. The number of aromatic nitrogens is 3. The SMILES string of the molecule is CCOC(=O)CC(O)CSc1nc(=O)c(=O)[nH]n1C. The first-order valence-corrected chi connectivity index (χ1v) is 6.56. The number of aliphatic hydroxyl groups is 1. The van der Waals surface area contributed by atoms with Crippen LogP contribution in [0.3, 0.4) is 0 Å². The standard InChI is InChI=1S/C10H15N3O5S/c1-3-18-7(15)4-6(14)5-19-10-11-8(16)9(17)12-13(10)2/h6,14H,3-5H2,1-2H3,(H,12,17). The molecule has 0 aliphatic rings. The minimum absolute atomic E-state index is 0.127. The molecule has 0 aromatic carbocycles. The van der Waals surface area contributed by atoms with Gasteiger partial charge in [0.1, 0.15) is 0 Å². The number of esters is 1. The van der Waals surface area contributed by atoms with Crippen molar-refractivity contribution in [2.45, 2.75) is 24.6 Å². The van der Waals surface area contributed by atoms with Gasteiger partial charge in [-0.15, -0.1) is 0 Å². The number of aromatic amines is 1. The fraction of sp³-hybridized carbons (Fsp3) is 0.600. The molecular formula is C10H15N3O5S. The largest absolute Gasteiger partial charge is 0.466 e. The summed E-state index contributed by atoms with van der Waals surface area (Å²) in [6.45, 7) is 1.94. The quantitative estimate of drug-likeness (QED) is 0.387. The monoisotopic (exact) mass is 289 g/mol. The normalized spacial score (nSPS) is 12.2. The van der Waals surface area contributed by atoms with Crippen LogP contribution < -0.4 is 11.1 Å². The molecule has 1 rings (SSSR count). The number of aliphatic hydroxyl groups excluding tert-OH is 1. The number of nitrogens with zero attached hydrogens (tertiary/aromatic N) is 2. The van der Waals surface area contributed by atoms with Crippen molar-refractivity contribution < 1.29 is 14.6 Å². The van der Waals surface area contributed by atoms with Gasteiger partial charge in [0.2, 0.25) is 0 Å². The predicted octanol–water partition coefficient (Wildman–Crippen LogP) is -1.13. The van der Waals surface area contributed by atoms with E-state index in [1.807, 2.05) is 0 Å². The van der Waals surface area contributed by atoms with E-state index in [4.69, 9.17) is 4.74 Å². The second-order valence-corrected chi connectivity index (χ2v) is 4.66. The highest BCUT2D eigenvalue weighted by Crippen LogP contribution is 2.14. The molecule has 0 saturated heterocycles. The molecule has 106 valence electrons. The van der Waals surface area contributed by atoms with Crippen LogP contribution in [0.4, 0.5) is 0 Å². The fourth-order valence-corrected chi connectivity index (χ4v) is 2.08. The molecule has 0 spiro atoms. The number of carbonyl (C=O) groups is 1. The van der Waals surface area contributed by atoms with E-state index in [0.717, 1.165) is 11.8 Å². The van der Waals surface area contributed by atoms with Crippen molar-refractivity contribution in [2.75, 3.05) is 12.4 Å². The number of aryl methyl sites for hydroxylation is 1. The highest BCUT2D eigenvalue weighted by atomic mass is 32.2. The van der Waals surface area contributed by atoms with E-state index >= 15 is 0 Å². The molecule has 0 radical (unpaired) electrons. The van der Waals surface area contributed by atoms with Gasteiger partial charge in [-0.25, -0.2) is 0 Å². The lowest BCUT2D eigenvalue weighted by atomic mass is 10.3. The van der Waals surface area contributed by atoms with Gasteiger partial charge in [-0.2, -0.15) is 4.98 Å². The Labute approximate surface area is 112 Å². The van der Waals surface area contributed by atoms with Crippen molar-refractivity contribution in [3.8, 4) is 0 Å². The Kier molecular flexibility index (Phi) is 5.77. The molecule has 1 aromatic rings. The molecule has 0 fully saturated rings. The molecule has 19 heavy (non-hydrogen) atoms. The Morgan fingerprint density at radius 1 is 1.58 bits per heavy atom. The zero-order chi connectivity index (χ0) is 14.4. The third-order valence-corrected chi connectivity index (χ3v) is 3.23. The number of H-pyrrole nitrogens is 1. The van der Waals surface area contributed by atoms with Gasteiger partial charge >= 0.3 is 17.1 Å². The van der Waals surface area contributed by atoms with Crippen LogP contribution in [0.15, 0.2) is 14.7 Å². The summed E-state index contributed by atoms with van der Waals surface area (Å²) in [6, 6.07) is 0. The molecule has 0 aliphatic heterocycles. The van der Waals surface area contributed by atoms with E-state index in [1.165, 1.54) is 11.7 Å². The Hall–Kier alpha value is -1.61. The summed E-state index contributed by atoms with van der Waals surface area (Å²) < 4.78 is 5.98. The van der Waals surface area contributed by atoms with Crippen LogP contribution >= 0.6 is 11.8 Å². The van der Waals surface area contributed by atoms with Gasteiger partial charge < -0.3 is 9.84 Å². The number of hydrogen-bond donors (Lipinski definition) is 2. The molecule has 9 heteroatoms. The Bertz CT molecular complexity index is 553. The topological polar surface area (TPSA) is 114 Å². The lowest BCUT2D eigenvalue weighted by Crippen LogP contribution is -2.34. The van der Waals surface area contributed by atoms with Crippen molar-refractivity contribution in [1.29, 1.82) is 0 Å². The summed E-state index contributed by atoms with van der Waals surface area (Å²) in [5.74, 6) is -0.329. The summed E-state index contributed by atoms with van der Waals surface area (Å²) in [6.07, 6.45) is -1.04. The Morgan fingerprint density at radius 2 is 2.26 bits per heavy atom. The summed E-state index contributed by atoms with van der Waals surface area (Å²) in [7, 11) is 1.52. The number of carbonyl (C=O) groups excluding carboxylic acids is 1. The lowest BCUT2D eigenvalue weighted by molar-refractivity contribution is -0.144. The van der Waals surface area contributed by atoms with Gasteiger partial charge in [-0.05, 0) is 6.92 Å². The maximum Gasteiger partial charge on any atom is 0.339 e. The van der Waals surface area contributed by atoms with Crippen LogP contribution in [0, 0.1) is 0 Å². The molecule has 8 nitrogen and oxygen atoms in total. The van der Waals surface area contributed by atoms with E-state index < -0.39 is 23.2 Å². The van der Waals surface area contributed by atoms with Gasteiger partial charge in [0.05, 0.1) is 19.1 Å². The second kappa shape index (κ2) is 7.10. The number of ether oxygens (including phenoxy) is 1. The van der Waals surface area contributed by atoms with Crippen molar-refractivity contribution in [3.63, 3.8) is 0 Å². The highest BCUT2D eigenvalue weighted by molar-refractivity contribution is 7.99. The second-order valence-electron chi connectivity index (χ2n) is 3.67. The fourth-order valence-electron chi connectivity index (χ4n) is 1.23. The van der Waals surface area contributed by atoms with Crippen molar-refractivity contribution >= 4 is 17.7 Å². The van der Waals surface area contributed by atoms with Crippen molar-refractivity contribution in [2.24, 2.45) is 7.05 Å². The molecule has 0 bridgehead atoms. The first-order valence-electron chi connectivity index (χ1n) is 5.57. The molecule has 1 atom stereocenters. The molecule has 0 aliphatic carbocycles. The van der Waals surface area contributed by atoms with Crippen LogP contribution in [-0.4, -0.2) is 44.3 Å². The van der Waals surface area contributed by atoms with Crippen LogP contribution in [-0.2, 0) is 16.6 Å². The van der Waals surface area contributed by atoms with Gasteiger partial charge in [0.15, 0.2) is 5.16 Å². The minimum Gasteiger partial charge on any atom is -0.466 e. The summed E-state index contributed by atoms with van der Waals surface area (Å²) >= 11 is 1.06. The molecule has 0 amide bonds. The third kappa shape index (κ3) is 4.87. The first-order chi connectivity index (χ1) is 8.93. The Balaban J connectivity index is 2.57. The summed E-state index contributed by atoms with van der Waals surface area (Å²) in [5, 5.41) is 12.2. The smallest absolute Gasteiger partial charge is 0.339 e. The molecule has 2 N–H and O–H groups in total. The van der Waals surface area contributed by atoms with Gasteiger partial charge in [-0.1, -0.05) is 11.8 Å². The predicted molar refractivity (Wildman–Crippen MR) is 68.1 cm³/mol. The van der Waals surface area contributed by atoms with Crippen LogP contribution in [0.25, 0.3) is 0 Å².